The normalized spacial score (nSPS) is 20.2. The fourth-order valence-electron chi connectivity index (χ4n) is 3.39. The summed E-state index contributed by atoms with van der Waals surface area (Å²) in [5.74, 6) is 0.523. The highest BCUT2D eigenvalue weighted by Gasteiger charge is 2.37. The summed E-state index contributed by atoms with van der Waals surface area (Å²) in [5, 5.41) is 0.543. The van der Waals surface area contributed by atoms with Crippen LogP contribution in [0, 0.1) is 0 Å². The lowest BCUT2D eigenvalue weighted by Gasteiger charge is -2.38. The number of fused-ring (bicyclic) bond motifs is 2. The second-order valence-electron chi connectivity index (χ2n) is 6.06. The van der Waals surface area contributed by atoms with E-state index in [2.05, 4.69) is 4.98 Å². The molecule has 0 bridgehead atoms. The summed E-state index contributed by atoms with van der Waals surface area (Å²) in [5.41, 5.74) is 1.32. The number of carbonyl (C=O) groups is 1. The van der Waals surface area contributed by atoms with Gasteiger partial charge in [0.2, 0.25) is 0 Å². The first-order chi connectivity index (χ1) is 11.6. The molecule has 2 atom stereocenters. The largest absolute Gasteiger partial charge is 0.300 e. The van der Waals surface area contributed by atoms with Crippen molar-refractivity contribution in [3.63, 3.8) is 0 Å². The summed E-state index contributed by atoms with van der Waals surface area (Å²) in [7, 11) is 0. The number of benzene rings is 2. The first-order valence-electron chi connectivity index (χ1n) is 7.99. The highest BCUT2D eigenvalue weighted by molar-refractivity contribution is 5.98. The summed E-state index contributed by atoms with van der Waals surface area (Å²) in [4.78, 5) is 32.2. The Morgan fingerprint density at radius 2 is 1.54 bits per heavy atom. The zero-order chi connectivity index (χ0) is 16.8. The van der Waals surface area contributed by atoms with Crippen molar-refractivity contribution in [1.82, 2.24) is 9.55 Å². The Hall–Kier alpha value is -2.95. The fourth-order valence-corrected chi connectivity index (χ4v) is 3.39. The molecule has 0 saturated carbocycles. The van der Waals surface area contributed by atoms with Crippen LogP contribution in [-0.4, -0.2) is 15.5 Å². The van der Waals surface area contributed by atoms with E-state index >= 15 is 0 Å². The van der Waals surface area contributed by atoms with Gasteiger partial charge >= 0.3 is 0 Å². The van der Waals surface area contributed by atoms with Crippen LogP contribution in [0.3, 0.4) is 0 Å². The zero-order valence-corrected chi connectivity index (χ0v) is 13.5. The number of carbonyl (C=O) groups excluding carboxylic acids is 1. The van der Waals surface area contributed by atoms with E-state index < -0.39 is 6.04 Å². The van der Waals surface area contributed by atoms with Gasteiger partial charge in [-0.15, -0.1) is 0 Å². The molecule has 1 amide bonds. The van der Waals surface area contributed by atoms with E-state index in [4.69, 9.17) is 0 Å². The molecule has 24 heavy (non-hydrogen) atoms. The summed E-state index contributed by atoms with van der Waals surface area (Å²) in [6, 6.07) is 15.9. The molecule has 0 aliphatic carbocycles. The molecule has 2 unspecified atom stereocenters. The van der Waals surface area contributed by atoms with Crippen LogP contribution in [0.2, 0.25) is 0 Å². The molecule has 3 aromatic rings. The van der Waals surface area contributed by atoms with Crippen LogP contribution in [0.25, 0.3) is 10.9 Å². The lowest BCUT2D eigenvalue weighted by molar-refractivity contribution is -0.122. The monoisotopic (exact) mass is 319 g/mol. The molecule has 1 aliphatic heterocycles. The number of nitrogens with zero attached hydrogens (tertiary/aromatic N) is 3. The molecule has 4 rings (SSSR count). The molecule has 1 aromatic heterocycles. The van der Waals surface area contributed by atoms with Crippen molar-refractivity contribution >= 4 is 22.5 Å². The Morgan fingerprint density at radius 3 is 2.29 bits per heavy atom. The molecule has 0 spiro atoms. The smallest absolute Gasteiger partial charge is 0.262 e. The minimum absolute atomic E-state index is 0.0969. The van der Waals surface area contributed by atoms with E-state index in [1.807, 2.05) is 55.5 Å². The molecule has 0 fully saturated rings. The van der Waals surface area contributed by atoms with Crippen molar-refractivity contribution in [2.45, 2.75) is 25.9 Å². The predicted octanol–water partition coefficient (Wildman–Crippen LogP) is 3.07. The molecular weight excluding hydrogens is 302 g/mol. The van der Waals surface area contributed by atoms with Crippen LogP contribution < -0.4 is 10.5 Å². The van der Waals surface area contributed by atoms with E-state index in [9.17, 15) is 9.59 Å². The average molecular weight is 319 g/mol. The van der Waals surface area contributed by atoms with Crippen LogP contribution >= 0.6 is 0 Å². The second-order valence-corrected chi connectivity index (χ2v) is 6.06. The van der Waals surface area contributed by atoms with Crippen LogP contribution in [0.4, 0.5) is 5.69 Å². The SMILES string of the molecule is CC1c2nc3ccccc3c(=O)n2C(C)C(=O)N1c1ccccc1. The summed E-state index contributed by atoms with van der Waals surface area (Å²) >= 11 is 0. The number of para-hydroxylation sites is 2. The predicted molar refractivity (Wildman–Crippen MR) is 93.1 cm³/mol. The van der Waals surface area contributed by atoms with Crippen molar-refractivity contribution in [1.29, 1.82) is 0 Å². The van der Waals surface area contributed by atoms with Gasteiger partial charge in [0.1, 0.15) is 11.9 Å². The van der Waals surface area contributed by atoms with Crippen molar-refractivity contribution in [3.8, 4) is 0 Å². The highest BCUT2D eigenvalue weighted by Crippen LogP contribution is 2.33. The van der Waals surface area contributed by atoms with Gasteiger partial charge in [0, 0.05) is 5.69 Å². The Morgan fingerprint density at radius 1 is 0.875 bits per heavy atom. The van der Waals surface area contributed by atoms with Crippen LogP contribution in [0.5, 0.6) is 0 Å². The number of aromatic nitrogens is 2. The molecule has 5 nitrogen and oxygen atoms in total. The van der Waals surface area contributed by atoms with Gasteiger partial charge in [0.25, 0.3) is 11.5 Å². The number of anilines is 1. The standard InChI is InChI=1S/C19H17N3O2/c1-12-17-20-16-11-7-6-10-15(16)19(24)22(17)13(2)18(23)21(12)14-8-4-3-5-9-14/h3-13H,1-2H3. The maximum atomic E-state index is 12.9. The quantitative estimate of drug-likeness (QED) is 0.692. The van der Waals surface area contributed by atoms with Gasteiger partial charge in [-0.1, -0.05) is 30.3 Å². The van der Waals surface area contributed by atoms with Gasteiger partial charge in [-0.25, -0.2) is 4.98 Å². The van der Waals surface area contributed by atoms with Gasteiger partial charge in [-0.3, -0.25) is 14.2 Å². The maximum Gasteiger partial charge on any atom is 0.262 e. The fraction of sp³-hybridized carbons (Fsp3) is 0.211. The molecule has 5 heteroatoms. The molecule has 0 N–H and O–H groups in total. The minimum Gasteiger partial charge on any atom is -0.300 e. The van der Waals surface area contributed by atoms with Gasteiger partial charge < -0.3 is 4.90 Å². The van der Waals surface area contributed by atoms with Crippen LogP contribution in [0.1, 0.15) is 31.8 Å². The van der Waals surface area contributed by atoms with Gasteiger partial charge in [-0.05, 0) is 38.1 Å². The average Bonchev–Trinajstić information content (AvgIpc) is 2.61. The Kier molecular flexibility index (Phi) is 3.23. The number of rotatable bonds is 1. The number of hydrogen-bond donors (Lipinski definition) is 0. The van der Waals surface area contributed by atoms with E-state index in [0.717, 1.165) is 5.69 Å². The van der Waals surface area contributed by atoms with Crippen molar-refractivity contribution in [2.24, 2.45) is 0 Å². The molecule has 2 heterocycles. The lowest BCUT2D eigenvalue weighted by Crippen LogP contribution is -2.48. The van der Waals surface area contributed by atoms with Crippen molar-refractivity contribution < 1.29 is 4.79 Å². The third kappa shape index (κ3) is 1.98. The Labute approximate surface area is 139 Å². The summed E-state index contributed by atoms with van der Waals surface area (Å²) in [6.07, 6.45) is 0. The molecule has 1 aliphatic rings. The third-order valence-electron chi connectivity index (χ3n) is 4.61. The van der Waals surface area contributed by atoms with E-state index in [-0.39, 0.29) is 17.5 Å². The van der Waals surface area contributed by atoms with Gasteiger partial charge in [0.05, 0.1) is 16.9 Å². The maximum absolute atomic E-state index is 12.9. The molecule has 120 valence electrons. The van der Waals surface area contributed by atoms with E-state index in [1.54, 1.807) is 17.9 Å². The molecular formula is C19H17N3O2. The third-order valence-corrected chi connectivity index (χ3v) is 4.61. The first-order valence-corrected chi connectivity index (χ1v) is 7.99. The molecule has 0 saturated heterocycles. The minimum atomic E-state index is -0.582. The summed E-state index contributed by atoms with van der Waals surface area (Å²) < 4.78 is 1.54. The van der Waals surface area contributed by atoms with Crippen LogP contribution in [0.15, 0.2) is 59.4 Å². The number of amides is 1. The topological polar surface area (TPSA) is 55.2 Å². The molecule has 2 aromatic carbocycles. The van der Waals surface area contributed by atoms with Gasteiger partial charge in [0.15, 0.2) is 0 Å². The Bertz CT molecular complexity index is 994. The van der Waals surface area contributed by atoms with Crippen LogP contribution in [-0.2, 0) is 4.79 Å². The summed E-state index contributed by atoms with van der Waals surface area (Å²) in [6.45, 7) is 3.66. The number of hydrogen-bond acceptors (Lipinski definition) is 3. The first kappa shape index (κ1) is 14.6. The van der Waals surface area contributed by atoms with Crippen molar-refractivity contribution in [3.05, 3.63) is 70.8 Å². The van der Waals surface area contributed by atoms with E-state index in [1.165, 1.54) is 4.57 Å². The van der Waals surface area contributed by atoms with Gasteiger partial charge in [-0.2, -0.15) is 0 Å². The highest BCUT2D eigenvalue weighted by atomic mass is 16.2. The lowest BCUT2D eigenvalue weighted by atomic mass is 10.1. The Balaban J connectivity index is 1.98. The zero-order valence-electron chi connectivity index (χ0n) is 13.5. The van der Waals surface area contributed by atoms with E-state index in [0.29, 0.717) is 16.7 Å². The molecule has 0 radical (unpaired) electrons. The van der Waals surface area contributed by atoms with Crippen molar-refractivity contribution in [2.75, 3.05) is 4.90 Å². The second kappa shape index (κ2) is 5.30.